The molecule has 0 atom stereocenters. The molecule has 2 N–H and O–H groups in total. The highest BCUT2D eigenvalue weighted by atomic mass is 127. The molecule has 0 saturated carbocycles. The van der Waals surface area contributed by atoms with E-state index in [1.54, 1.807) is 18.4 Å². The van der Waals surface area contributed by atoms with Crippen molar-refractivity contribution in [3.63, 3.8) is 0 Å². The fraction of sp³-hybridized carbons (Fsp3) is 0.545. The summed E-state index contributed by atoms with van der Waals surface area (Å²) in [6.45, 7) is 8.01. The molecule has 166 valence electrons. The largest absolute Gasteiger partial charge is 0.381 e. The minimum atomic E-state index is 0. The third-order valence-corrected chi connectivity index (χ3v) is 5.80. The van der Waals surface area contributed by atoms with Crippen LogP contribution in [0.1, 0.15) is 54.4 Å². The van der Waals surface area contributed by atoms with Gasteiger partial charge in [0.2, 0.25) is 0 Å². The Balaban J connectivity index is 0.00000320. The number of aromatic nitrogens is 1. The Morgan fingerprint density at radius 2 is 1.83 bits per heavy atom. The fourth-order valence-electron chi connectivity index (χ4n) is 3.05. The summed E-state index contributed by atoms with van der Waals surface area (Å²) in [6, 6.07) is 8.54. The van der Waals surface area contributed by atoms with E-state index >= 15 is 0 Å². The average Bonchev–Trinajstić information content (AvgIpc) is 3.23. The third kappa shape index (κ3) is 8.13. The van der Waals surface area contributed by atoms with Gasteiger partial charge < -0.3 is 20.1 Å². The monoisotopic (exact) mass is 544 g/mol. The SMILES string of the molecule is CN=C(NCc1ccc(COC2CCOCC2)cc1)NCc1nc(C(C)C)cs1.I. The van der Waals surface area contributed by atoms with Crippen molar-refractivity contribution < 1.29 is 9.47 Å². The molecule has 3 rings (SSSR count). The van der Waals surface area contributed by atoms with Crippen LogP contribution in [-0.2, 0) is 29.2 Å². The molecule has 0 radical (unpaired) electrons. The van der Waals surface area contributed by atoms with E-state index in [0.29, 0.717) is 25.2 Å². The van der Waals surface area contributed by atoms with E-state index < -0.39 is 0 Å². The number of hydrogen-bond donors (Lipinski definition) is 2. The Labute approximate surface area is 200 Å². The van der Waals surface area contributed by atoms with Gasteiger partial charge in [0.05, 0.1) is 24.9 Å². The zero-order valence-electron chi connectivity index (χ0n) is 18.0. The second-order valence-electron chi connectivity index (χ2n) is 7.54. The van der Waals surface area contributed by atoms with Crippen LogP contribution in [0.2, 0.25) is 0 Å². The lowest BCUT2D eigenvalue weighted by Crippen LogP contribution is -2.36. The molecule has 1 aromatic carbocycles. The van der Waals surface area contributed by atoms with Gasteiger partial charge >= 0.3 is 0 Å². The predicted molar refractivity (Wildman–Crippen MR) is 134 cm³/mol. The number of guanidine groups is 1. The Kier molecular flexibility index (Phi) is 11.0. The molecule has 0 bridgehead atoms. The fourth-order valence-corrected chi connectivity index (χ4v) is 3.94. The van der Waals surface area contributed by atoms with Gasteiger partial charge in [-0.05, 0) is 29.9 Å². The molecule has 2 heterocycles. The summed E-state index contributed by atoms with van der Waals surface area (Å²) in [5.41, 5.74) is 3.56. The minimum absolute atomic E-state index is 0. The lowest BCUT2D eigenvalue weighted by Gasteiger charge is -2.22. The van der Waals surface area contributed by atoms with Crippen molar-refractivity contribution in [1.82, 2.24) is 15.6 Å². The van der Waals surface area contributed by atoms with Crippen LogP contribution in [-0.4, -0.2) is 37.3 Å². The molecule has 1 aromatic heterocycles. The first kappa shape index (κ1) is 25.0. The number of rotatable bonds is 8. The second kappa shape index (κ2) is 13.2. The molecule has 30 heavy (non-hydrogen) atoms. The van der Waals surface area contributed by atoms with Crippen LogP contribution in [0.3, 0.4) is 0 Å². The molecule has 0 spiro atoms. The van der Waals surface area contributed by atoms with Crippen molar-refractivity contribution in [3.05, 3.63) is 51.5 Å². The average molecular weight is 545 g/mol. The number of aliphatic imine (C=N–C) groups is 1. The summed E-state index contributed by atoms with van der Waals surface area (Å²) < 4.78 is 11.4. The Morgan fingerprint density at radius 3 is 2.47 bits per heavy atom. The van der Waals surface area contributed by atoms with Crippen LogP contribution < -0.4 is 10.6 Å². The molecular weight excluding hydrogens is 511 g/mol. The number of ether oxygens (including phenoxy) is 2. The first-order chi connectivity index (χ1) is 14.1. The van der Waals surface area contributed by atoms with Gasteiger partial charge in [0.25, 0.3) is 0 Å². The molecule has 8 heteroatoms. The van der Waals surface area contributed by atoms with Crippen LogP contribution in [0, 0.1) is 0 Å². The van der Waals surface area contributed by atoms with E-state index in [2.05, 4.69) is 64.1 Å². The van der Waals surface area contributed by atoms with E-state index in [4.69, 9.17) is 9.47 Å². The zero-order chi connectivity index (χ0) is 20.5. The van der Waals surface area contributed by atoms with Crippen LogP contribution in [0.25, 0.3) is 0 Å². The summed E-state index contributed by atoms with van der Waals surface area (Å²) in [6.07, 6.45) is 2.32. The molecule has 1 fully saturated rings. The van der Waals surface area contributed by atoms with Crippen molar-refractivity contribution in [1.29, 1.82) is 0 Å². The van der Waals surface area contributed by atoms with Crippen molar-refractivity contribution in [3.8, 4) is 0 Å². The van der Waals surface area contributed by atoms with Gasteiger partial charge in [0, 0.05) is 32.2 Å². The van der Waals surface area contributed by atoms with E-state index in [1.165, 1.54) is 11.1 Å². The van der Waals surface area contributed by atoms with Gasteiger partial charge in [0.15, 0.2) is 5.96 Å². The van der Waals surface area contributed by atoms with E-state index in [0.717, 1.165) is 49.3 Å². The van der Waals surface area contributed by atoms with Gasteiger partial charge in [-0.2, -0.15) is 0 Å². The quantitative estimate of drug-likeness (QED) is 0.292. The second-order valence-corrected chi connectivity index (χ2v) is 8.48. The summed E-state index contributed by atoms with van der Waals surface area (Å²) >= 11 is 1.69. The van der Waals surface area contributed by atoms with E-state index in [1.807, 2.05) is 0 Å². The number of nitrogens with one attached hydrogen (secondary N) is 2. The maximum atomic E-state index is 5.99. The summed E-state index contributed by atoms with van der Waals surface area (Å²) in [7, 11) is 1.79. The number of halogens is 1. The molecular formula is C22H33IN4O2S. The van der Waals surface area contributed by atoms with E-state index in [-0.39, 0.29) is 24.0 Å². The van der Waals surface area contributed by atoms with Crippen LogP contribution in [0.15, 0.2) is 34.6 Å². The topological polar surface area (TPSA) is 67.8 Å². The highest BCUT2D eigenvalue weighted by molar-refractivity contribution is 14.0. The number of hydrogen-bond acceptors (Lipinski definition) is 5. The first-order valence-corrected chi connectivity index (χ1v) is 11.2. The Hall–Kier alpha value is -1.23. The smallest absolute Gasteiger partial charge is 0.191 e. The molecule has 2 aromatic rings. The summed E-state index contributed by atoms with van der Waals surface area (Å²) in [5, 5.41) is 9.90. The Bertz CT molecular complexity index is 774. The maximum absolute atomic E-state index is 5.99. The lowest BCUT2D eigenvalue weighted by atomic mass is 10.1. The molecule has 1 saturated heterocycles. The zero-order valence-corrected chi connectivity index (χ0v) is 21.2. The molecule has 1 aliphatic heterocycles. The van der Waals surface area contributed by atoms with Crippen LogP contribution in [0.5, 0.6) is 0 Å². The molecule has 0 aliphatic carbocycles. The highest BCUT2D eigenvalue weighted by Gasteiger charge is 2.14. The number of benzene rings is 1. The molecule has 0 unspecified atom stereocenters. The molecule has 6 nitrogen and oxygen atoms in total. The van der Waals surface area contributed by atoms with Gasteiger partial charge in [-0.1, -0.05) is 38.1 Å². The number of thiazole rings is 1. The summed E-state index contributed by atoms with van der Waals surface area (Å²) in [5.74, 6) is 1.24. The van der Waals surface area contributed by atoms with Crippen LogP contribution >= 0.6 is 35.3 Å². The molecule has 0 amide bonds. The van der Waals surface area contributed by atoms with Crippen molar-refractivity contribution in [2.45, 2.75) is 58.4 Å². The van der Waals surface area contributed by atoms with Gasteiger partial charge in [-0.25, -0.2) is 4.98 Å². The minimum Gasteiger partial charge on any atom is -0.381 e. The highest BCUT2D eigenvalue weighted by Crippen LogP contribution is 2.17. The van der Waals surface area contributed by atoms with Crippen molar-refractivity contribution >= 4 is 41.3 Å². The van der Waals surface area contributed by atoms with E-state index in [9.17, 15) is 0 Å². The lowest BCUT2D eigenvalue weighted by molar-refractivity contribution is -0.0390. The predicted octanol–water partition coefficient (Wildman–Crippen LogP) is 4.45. The standard InChI is InChI=1S/C22H32N4O2S.HI/c1-16(2)20-15-29-21(26-20)13-25-22(23-3)24-12-17-4-6-18(7-5-17)14-28-19-8-10-27-11-9-19;/h4-7,15-16,19H,8-14H2,1-3H3,(H2,23,24,25);1H. The third-order valence-electron chi connectivity index (χ3n) is 4.93. The molecule has 1 aliphatic rings. The summed E-state index contributed by atoms with van der Waals surface area (Å²) in [4.78, 5) is 8.95. The van der Waals surface area contributed by atoms with Crippen molar-refractivity contribution in [2.75, 3.05) is 20.3 Å². The van der Waals surface area contributed by atoms with Gasteiger partial charge in [-0.3, -0.25) is 4.99 Å². The van der Waals surface area contributed by atoms with Gasteiger partial charge in [-0.15, -0.1) is 35.3 Å². The van der Waals surface area contributed by atoms with Crippen LogP contribution in [0.4, 0.5) is 0 Å². The van der Waals surface area contributed by atoms with Crippen molar-refractivity contribution in [2.24, 2.45) is 4.99 Å². The van der Waals surface area contributed by atoms with Gasteiger partial charge in [0.1, 0.15) is 5.01 Å². The maximum Gasteiger partial charge on any atom is 0.191 e. The Morgan fingerprint density at radius 1 is 1.17 bits per heavy atom. The number of nitrogens with zero attached hydrogens (tertiary/aromatic N) is 2. The first-order valence-electron chi connectivity index (χ1n) is 10.3. The normalized spacial score (nSPS) is 15.1.